The van der Waals surface area contributed by atoms with Gasteiger partial charge in [0, 0.05) is 37.1 Å². The molecule has 0 spiro atoms. The SMILES string of the molecule is CC(Cc1ccc(-c2cnn(C3CCOCC3)c2)cc1F)NC(=O)[C@H]1N[C@@H]2CCC1C2. The predicted octanol–water partition coefficient (Wildman–Crippen LogP) is 3.23. The molecule has 3 fully saturated rings. The summed E-state index contributed by atoms with van der Waals surface area (Å²) in [4.78, 5) is 12.6. The summed E-state index contributed by atoms with van der Waals surface area (Å²) in [6.07, 6.45) is 9.59. The summed E-state index contributed by atoms with van der Waals surface area (Å²) >= 11 is 0. The lowest BCUT2D eigenvalue weighted by atomic mass is 9.98. The van der Waals surface area contributed by atoms with Gasteiger partial charge in [0.2, 0.25) is 5.91 Å². The van der Waals surface area contributed by atoms with Crippen molar-refractivity contribution in [3.05, 3.63) is 42.0 Å². The van der Waals surface area contributed by atoms with E-state index in [1.807, 2.05) is 29.9 Å². The number of ether oxygens (including phenoxy) is 1. The quantitative estimate of drug-likeness (QED) is 0.744. The Hall–Kier alpha value is -2.25. The van der Waals surface area contributed by atoms with Crippen LogP contribution in [0.1, 0.15) is 50.6 Å². The Morgan fingerprint density at radius 3 is 2.84 bits per heavy atom. The summed E-state index contributed by atoms with van der Waals surface area (Å²) in [5, 5.41) is 11.0. The molecule has 2 bridgehead atoms. The van der Waals surface area contributed by atoms with Crippen LogP contribution in [-0.4, -0.2) is 47.0 Å². The fraction of sp³-hybridized carbons (Fsp3) is 0.583. The summed E-state index contributed by atoms with van der Waals surface area (Å²) in [5.41, 5.74) is 2.36. The topological polar surface area (TPSA) is 68.2 Å². The van der Waals surface area contributed by atoms with E-state index < -0.39 is 0 Å². The van der Waals surface area contributed by atoms with Crippen LogP contribution in [0.15, 0.2) is 30.6 Å². The molecule has 31 heavy (non-hydrogen) atoms. The molecule has 2 aromatic rings. The molecule has 1 aromatic carbocycles. The van der Waals surface area contributed by atoms with E-state index in [0.717, 1.165) is 50.0 Å². The highest BCUT2D eigenvalue weighted by atomic mass is 19.1. The number of carbonyl (C=O) groups is 1. The van der Waals surface area contributed by atoms with Gasteiger partial charge in [0.15, 0.2) is 0 Å². The third-order valence-electron chi connectivity index (χ3n) is 7.11. The van der Waals surface area contributed by atoms with Gasteiger partial charge in [-0.05, 0) is 68.6 Å². The van der Waals surface area contributed by atoms with Gasteiger partial charge in [-0.15, -0.1) is 0 Å². The van der Waals surface area contributed by atoms with Crippen molar-refractivity contribution >= 4 is 5.91 Å². The highest BCUT2D eigenvalue weighted by Crippen LogP contribution is 2.35. The first-order chi connectivity index (χ1) is 15.1. The zero-order valence-electron chi connectivity index (χ0n) is 18.0. The zero-order chi connectivity index (χ0) is 21.4. The first kappa shape index (κ1) is 20.6. The molecule has 1 aliphatic carbocycles. The van der Waals surface area contributed by atoms with Crippen LogP contribution in [0.5, 0.6) is 0 Å². The van der Waals surface area contributed by atoms with Gasteiger partial charge in [-0.2, -0.15) is 5.10 Å². The Morgan fingerprint density at radius 2 is 2.13 bits per heavy atom. The number of nitrogens with one attached hydrogen (secondary N) is 2. The number of carbonyl (C=O) groups excluding carboxylic acids is 1. The highest BCUT2D eigenvalue weighted by molar-refractivity contribution is 5.83. The Labute approximate surface area is 182 Å². The lowest BCUT2D eigenvalue weighted by Crippen LogP contribution is -2.50. The first-order valence-corrected chi connectivity index (χ1v) is 11.5. The molecule has 2 unspecified atom stereocenters. The van der Waals surface area contributed by atoms with Gasteiger partial charge in [-0.3, -0.25) is 9.48 Å². The fourth-order valence-electron chi connectivity index (χ4n) is 5.39. The standard InChI is InChI=1S/C24H31FN4O2/c1-15(27-24(30)23-18-4-5-20(11-18)28-23)10-17-3-2-16(12-22(17)25)19-13-26-29(14-19)21-6-8-31-9-7-21/h2-3,12-15,18,20-21,23,28H,4-11H2,1H3,(H,27,30)/t15?,18?,20-,23+/m1/s1. The molecule has 4 atom stereocenters. The van der Waals surface area contributed by atoms with Gasteiger partial charge < -0.3 is 15.4 Å². The van der Waals surface area contributed by atoms with E-state index in [4.69, 9.17) is 4.74 Å². The number of nitrogens with zero attached hydrogens (tertiary/aromatic N) is 2. The number of amides is 1. The third-order valence-corrected chi connectivity index (χ3v) is 7.11. The van der Waals surface area contributed by atoms with Gasteiger partial charge in [0.1, 0.15) is 5.82 Å². The number of hydrogen-bond acceptors (Lipinski definition) is 4. The average Bonchev–Trinajstić information content (AvgIpc) is 3.53. The molecular formula is C24H31FN4O2. The summed E-state index contributed by atoms with van der Waals surface area (Å²) < 4.78 is 22.2. The highest BCUT2D eigenvalue weighted by Gasteiger charge is 2.42. The largest absolute Gasteiger partial charge is 0.381 e. The van der Waals surface area contributed by atoms with E-state index in [1.54, 1.807) is 12.3 Å². The number of fused-ring (bicyclic) bond motifs is 2. The van der Waals surface area contributed by atoms with Gasteiger partial charge in [0.25, 0.3) is 0 Å². The maximum absolute atomic E-state index is 14.8. The third kappa shape index (κ3) is 4.39. The van der Waals surface area contributed by atoms with Gasteiger partial charge in [-0.1, -0.05) is 12.1 Å². The van der Waals surface area contributed by atoms with Crippen LogP contribution in [0.25, 0.3) is 11.1 Å². The second-order valence-electron chi connectivity index (χ2n) is 9.39. The minimum Gasteiger partial charge on any atom is -0.381 e. The number of rotatable bonds is 6. The van der Waals surface area contributed by atoms with Crippen molar-refractivity contribution in [1.29, 1.82) is 0 Å². The van der Waals surface area contributed by atoms with Crippen molar-refractivity contribution in [2.24, 2.45) is 5.92 Å². The van der Waals surface area contributed by atoms with E-state index in [9.17, 15) is 9.18 Å². The fourth-order valence-corrected chi connectivity index (χ4v) is 5.39. The Balaban J connectivity index is 1.20. The lowest BCUT2D eigenvalue weighted by Gasteiger charge is -2.24. The maximum atomic E-state index is 14.8. The van der Waals surface area contributed by atoms with Crippen molar-refractivity contribution < 1.29 is 13.9 Å². The van der Waals surface area contributed by atoms with Crippen molar-refractivity contribution in [3.8, 4) is 11.1 Å². The van der Waals surface area contributed by atoms with E-state index in [2.05, 4.69) is 15.7 Å². The monoisotopic (exact) mass is 426 g/mol. The molecule has 3 heterocycles. The van der Waals surface area contributed by atoms with Crippen molar-refractivity contribution in [2.45, 2.75) is 69.6 Å². The normalized spacial score (nSPS) is 26.8. The molecule has 166 valence electrons. The molecular weight excluding hydrogens is 395 g/mol. The maximum Gasteiger partial charge on any atom is 0.237 e. The minimum absolute atomic E-state index is 0.0530. The number of aromatic nitrogens is 2. The second kappa shape index (κ2) is 8.71. The molecule has 2 saturated heterocycles. The van der Waals surface area contributed by atoms with Gasteiger partial charge >= 0.3 is 0 Å². The number of piperidine rings is 1. The van der Waals surface area contributed by atoms with Crippen LogP contribution in [0.4, 0.5) is 4.39 Å². The summed E-state index contributed by atoms with van der Waals surface area (Å²) in [6.45, 7) is 3.46. The van der Waals surface area contributed by atoms with Gasteiger partial charge in [-0.25, -0.2) is 4.39 Å². The van der Waals surface area contributed by atoms with Crippen molar-refractivity contribution in [3.63, 3.8) is 0 Å². The molecule has 5 rings (SSSR count). The van der Waals surface area contributed by atoms with Gasteiger partial charge in [0.05, 0.1) is 18.3 Å². The zero-order valence-corrected chi connectivity index (χ0v) is 18.0. The molecule has 7 heteroatoms. The lowest BCUT2D eigenvalue weighted by molar-refractivity contribution is -0.124. The molecule has 3 aliphatic rings. The number of halogens is 1. The molecule has 1 saturated carbocycles. The van der Waals surface area contributed by atoms with Crippen LogP contribution >= 0.6 is 0 Å². The Kier molecular flexibility index (Phi) is 5.80. The average molecular weight is 427 g/mol. The molecule has 2 aliphatic heterocycles. The van der Waals surface area contributed by atoms with Crippen LogP contribution in [-0.2, 0) is 16.0 Å². The van der Waals surface area contributed by atoms with E-state index >= 15 is 0 Å². The number of hydrogen-bond donors (Lipinski definition) is 2. The second-order valence-corrected chi connectivity index (χ2v) is 9.39. The minimum atomic E-state index is -0.240. The smallest absolute Gasteiger partial charge is 0.237 e. The van der Waals surface area contributed by atoms with E-state index in [0.29, 0.717) is 30.0 Å². The Bertz CT molecular complexity index is 939. The molecule has 6 nitrogen and oxygen atoms in total. The molecule has 2 N–H and O–H groups in total. The number of benzene rings is 1. The first-order valence-electron chi connectivity index (χ1n) is 11.5. The summed E-state index contributed by atoms with van der Waals surface area (Å²) in [7, 11) is 0. The van der Waals surface area contributed by atoms with Crippen molar-refractivity contribution in [2.75, 3.05) is 13.2 Å². The van der Waals surface area contributed by atoms with Crippen LogP contribution in [0, 0.1) is 11.7 Å². The predicted molar refractivity (Wildman–Crippen MR) is 116 cm³/mol. The van der Waals surface area contributed by atoms with Crippen molar-refractivity contribution in [1.82, 2.24) is 20.4 Å². The van der Waals surface area contributed by atoms with Crippen LogP contribution in [0.2, 0.25) is 0 Å². The van der Waals surface area contributed by atoms with Crippen LogP contribution in [0.3, 0.4) is 0 Å². The molecule has 1 amide bonds. The van der Waals surface area contributed by atoms with E-state index in [-0.39, 0.29) is 23.8 Å². The summed E-state index contributed by atoms with van der Waals surface area (Å²) in [6, 6.07) is 5.99. The Morgan fingerprint density at radius 1 is 1.29 bits per heavy atom. The summed E-state index contributed by atoms with van der Waals surface area (Å²) in [5.74, 6) is 0.267. The van der Waals surface area contributed by atoms with Crippen LogP contribution < -0.4 is 10.6 Å². The molecule has 0 radical (unpaired) electrons. The molecule has 1 aromatic heterocycles. The van der Waals surface area contributed by atoms with E-state index in [1.165, 1.54) is 6.42 Å².